The van der Waals surface area contributed by atoms with E-state index in [2.05, 4.69) is 0 Å². The average molecular weight is 314 g/mol. The third kappa shape index (κ3) is 4.25. The number of sulfone groups is 1. The summed E-state index contributed by atoms with van der Waals surface area (Å²) in [5.74, 6) is 0. The van der Waals surface area contributed by atoms with Crippen LogP contribution in [0.5, 0.6) is 0 Å². The van der Waals surface area contributed by atoms with Crippen molar-refractivity contribution in [3.63, 3.8) is 0 Å². The zero-order valence-corrected chi connectivity index (χ0v) is 13.8. The Morgan fingerprint density at radius 3 is 2.38 bits per heavy atom. The highest BCUT2D eigenvalue weighted by Gasteiger charge is 2.26. The van der Waals surface area contributed by atoms with Crippen LogP contribution in [0.3, 0.4) is 0 Å². The van der Waals surface area contributed by atoms with Crippen molar-refractivity contribution in [2.45, 2.75) is 38.6 Å². The van der Waals surface area contributed by atoms with E-state index in [1.807, 2.05) is 24.9 Å². The lowest BCUT2D eigenvalue weighted by atomic mass is 10.1. The van der Waals surface area contributed by atoms with Gasteiger partial charge in [-0.2, -0.15) is 0 Å². The molecule has 0 bridgehead atoms. The average Bonchev–Trinajstić information content (AvgIpc) is 2.37. The molecular formula is C14H22N2O4S. The predicted octanol–water partition coefficient (Wildman–Crippen LogP) is 2.16. The minimum Gasteiger partial charge on any atom is -0.298 e. The van der Waals surface area contributed by atoms with Crippen LogP contribution >= 0.6 is 0 Å². The van der Waals surface area contributed by atoms with Crippen molar-refractivity contribution in [3.8, 4) is 0 Å². The number of nitro benzene ring substituents is 1. The molecule has 6 nitrogen and oxygen atoms in total. The molecule has 0 heterocycles. The standard InChI is InChI=1S/C14H22N2O4S/c1-10-13(7-6-8-14(10)16(17)18)9-15(4)11(2)12(3)21(5,19)20/h6-8,11-12H,9H2,1-5H3. The van der Waals surface area contributed by atoms with Gasteiger partial charge in [0.2, 0.25) is 0 Å². The molecule has 0 spiro atoms. The van der Waals surface area contributed by atoms with Crippen molar-refractivity contribution in [1.82, 2.24) is 4.90 Å². The van der Waals surface area contributed by atoms with Crippen LogP contribution < -0.4 is 0 Å². The number of hydrogen-bond acceptors (Lipinski definition) is 5. The van der Waals surface area contributed by atoms with Crippen LogP contribution in [0, 0.1) is 17.0 Å². The Hall–Kier alpha value is -1.47. The second-order valence-electron chi connectivity index (χ2n) is 5.51. The molecule has 0 aliphatic carbocycles. The largest absolute Gasteiger partial charge is 0.298 e. The highest BCUT2D eigenvalue weighted by Crippen LogP contribution is 2.23. The third-order valence-electron chi connectivity index (χ3n) is 4.08. The van der Waals surface area contributed by atoms with Crippen molar-refractivity contribution in [1.29, 1.82) is 0 Å². The molecule has 1 aromatic carbocycles. The number of hydrogen-bond donors (Lipinski definition) is 0. The maximum atomic E-state index is 11.6. The predicted molar refractivity (Wildman–Crippen MR) is 83.1 cm³/mol. The van der Waals surface area contributed by atoms with Gasteiger partial charge in [-0.1, -0.05) is 12.1 Å². The summed E-state index contributed by atoms with van der Waals surface area (Å²) in [5.41, 5.74) is 1.54. The van der Waals surface area contributed by atoms with Crippen LogP contribution in [0.1, 0.15) is 25.0 Å². The summed E-state index contributed by atoms with van der Waals surface area (Å²) in [5, 5.41) is 10.4. The maximum Gasteiger partial charge on any atom is 0.272 e. The fourth-order valence-electron chi connectivity index (χ4n) is 2.17. The molecular weight excluding hydrogens is 292 g/mol. The molecule has 7 heteroatoms. The first-order valence-electron chi connectivity index (χ1n) is 6.67. The lowest BCUT2D eigenvalue weighted by Crippen LogP contribution is -2.41. The van der Waals surface area contributed by atoms with E-state index in [0.29, 0.717) is 12.1 Å². The van der Waals surface area contributed by atoms with E-state index in [9.17, 15) is 18.5 Å². The second-order valence-corrected chi connectivity index (χ2v) is 7.91. The van der Waals surface area contributed by atoms with Crippen molar-refractivity contribution in [3.05, 3.63) is 39.4 Å². The van der Waals surface area contributed by atoms with Crippen LogP contribution in [0.2, 0.25) is 0 Å². The molecule has 1 aromatic rings. The fraction of sp³-hybridized carbons (Fsp3) is 0.571. The van der Waals surface area contributed by atoms with Gasteiger partial charge in [0.25, 0.3) is 5.69 Å². The van der Waals surface area contributed by atoms with Crippen LogP contribution in [0.25, 0.3) is 0 Å². The van der Waals surface area contributed by atoms with E-state index in [-0.39, 0.29) is 11.7 Å². The highest BCUT2D eigenvalue weighted by atomic mass is 32.2. The molecule has 0 amide bonds. The van der Waals surface area contributed by atoms with E-state index < -0.39 is 20.0 Å². The minimum absolute atomic E-state index is 0.0877. The first kappa shape index (κ1) is 17.6. The summed E-state index contributed by atoms with van der Waals surface area (Å²) < 4.78 is 23.2. The monoisotopic (exact) mass is 314 g/mol. The Bertz CT molecular complexity index is 628. The Labute approximate surface area is 125 Å². The van der Waals surface area contributed by atoms with Gasteiger partial charge >= 0.3 is 0 Å². The molecule has 0 N–H and O–H groups in total. The summed E-state index contributed by atoms with van der Waals surface area (Å²) in [6, 6.07) is 4.77. The summed E-state index contributed by atoms with van der Waals surface area (Å²) in [7, 11) is -1.30. The quantitative estimate of drug-likeness (QED) is 0.593. The van der Waals surface area contributed by atoms with E-state index in [4.69, 9.17) is 0 Å². The number of nitrogens with zero attached hydrogens (tertiary/aromatic N) is 2. The van der Waals surface area contributed by atoms with E-state index >= 15 is 0 Å². The second kappa shape index (κ2) is 6.53. The van der Waals surface area contributed by atoms with Gasteiger partial charge in [0.15, 0.2) is 9.84 Å². The third-order valence-corrected chi connectivity index (χ3v) is 5.83. The number of nitro groups is 1. The van der Waals surface area contributed by atoms with Gasteiger partial charge in [0, 0.05) is 30.5 Å². The Balaban J connectivity index is 2.96. The molecule has 1 rings (SSSR count). The molecule has 2 unspecified atom stereocenters. The van der Waals surface area contributed by atoms with Gasteiger partial charge in [-0.05, 0) is 33.4 Å². The molecule has 0 aliphatic rings. The molecule has 2 atom stereocenters. The van der Waals surface area contributed by atoms with E-state index in [0.717, 1.165) is 5.56 Å². The Kier molecular flexibility index (Phi) is 5.47. The number of benzene rings is 1. The van der Waals surface area contributed by atoms with Crippen molar-refractivity contribution in [2.24, 2.45) is 0 Å². The molecule has 0 aliphatic heterocycles. The fourth-order valence-corrected chi connectivity index (χ4v) is 3.09. The zero-order valence-electron chi connectivity index (χ0n) is 13.0. The maximum absolute atomic E-state index is 11.6. The molecule has 0 fully saturated rings. The lowest BCUT2D eigenvalue weighted by molar-refractivity contribution is -0.385. The van der Waals surface area contributed by atoms with Crippen molar-refractivity contribution >= 4 is 15.5 Å². The van der Waals surface area contributed by atoms with Crippen LogP contribution in [-0.2, 0) is 16.4 Å². The van der Waals surface area contributed by atoms with E-state index in [1.54, 1.807) is 19.9 Å². The summed E-state index contributed by atoms with van der Waals surface area (Å²) >= 11 is 0. The molecule has 0 saturated heterocycles. The SMILES string of the molecule is Cc1c(CN(C)C(C)C(C)S(C)(=O)=O)cccc1[N+](=O)[O-]. The van der Waals surface area contributed by atoms with Crippen molar-refractivity contribution < 1.29 is 13.3 Å². The first-order chi connectivity index (χ1) is 9.55. The van der Waals surface area contributed by atoms with Gasteiger partial charge < -0.3 is 0 Å². The van der Waals surface area contributed by atoms with Crippen LogP contribution in [0.4, 0.5) is 5.69 Å². The molecule has 118 valence electrons. The van der Waals surface area contributed by atoms with Crippen LogP contribution in [-0.4, -0.2) is 42.8 Å². The normalized spacial score (nSPS) is 15.0. The summed E-state index contributed by atoms with van der Waals surface area (Å²) in [6.07, 6.45) is 1.22. The zero-order chi connectivity index (χ0) is 16.4. The van der Waals surface area contributed by atoms with Gasteiger partial charge in [-0.15, -0.1) is 0 Å². The number of rotatable bonds is 6. The highest BCUT2D eigenvalue weighted by molar-refractivity contribution is 7.91. The Morgan fingerprint density at radius 1 is 1.33 bits per heavy atom. The summed E-state index contributed by atoms with van der Waals surface area (Å²) in [4.78, 5) is 12.4. The molecule has 21 heavy (non-hydrogen) atoms. The topological polar surface area (TPSA) is 80.5 Å². The smallest absolute Gasteiger partial charge is 0.272 e. The molecule has 0 radical (unpaired) electrons. The lowest BCUT2D eigenvalue weighted by Gasteiger charge is -2.29. The summed E-state index contributed by atoms with van der Waals surface area (Å²) in [6.45, 7) is 5.70. The van der Waals surface area contributed by atoms with Crippen LogP contribution in [0.15, 0.2) is 18.2 Å². The van der Waals surface area contributed by atoms with Gasteiger partial charge in [0.1, 0.15) is 0 Å². The Morgan fingerprint density at radius 2 is 1.90 bits per heavy atom. The van der Waals surface area contributed by atoms with Gasteiger partial charge in [-0.25, -0.2) is 8.42 Å². The molecule has 0 aromatic heterocycles. The molecule has 0 saturated carbocycles. The minimum atomic E-state index is -3.12. The first-order valence-corrected chi connectivity index (χ1v) is 8.63. The van der Waals surface area contributed by atoms with Gasteiger partial charge in [0.05, 0.1) is 10.2 Å². The van der Waals surface area contributed by atoms with Crippen molar-refractivity contribution in [2.75, 3.05) is 13.3 Å². The van der Waals surface area contributed by atoms with Gasteiger partial charge in [-0.3, -0.25) is 15.0 Å². The van der Waals surface area contributed by atoms with E-state index in [1.165, 1.54) is 12.3 Å².